The lowest BCUT2D eigenvalue weighted by Gasteiger charge is -2.29. The molecule has 4 amide bonds. The second kappa shape index (κ2) is 7.82. The maximum Gasteiger partial charge on any atom is 0.250 e. The summed E-state index contributed by atoms with van der Waals surface area (Å²) in [6.07, 6.45) is -0.187. The number of likely N-dealkylation sites (tertiary alicyclic amines) is 1. The minimum absolute atomic E-state index is 0.0438. The van der Waals surface area contributed by atoms with Crippen LogP contribution in [0.25, 0.3) is 0 Å². The zero-order valence-electron chi connectivity index (χ0n) is 18.6. The monoisotopic (exact) mass is 482 g/mol. The first-order chi connectivity index (χ1) is 16.2. The summed E-state index contributed by atoms with van der Waals surface area (Å²) in [5, 5.41) is 6.48. The van der Waals surface area contributed by atoms with Crippen LogP contribution in [0.1, 0.15) is 23.1 Å². The highest BCUT2D eigenvalue weighted by Crippen LogP contribution is 2.54. The highest BCUT2D eigenvalue weighted by Gasteiger charge is 2.70. The Bertz CT molecular complexity index is 1250. The van der Waals surface area contributed by atoms with Crippen molar-refractivity contribution in [2.75, 3.05) is 12.4 Å². The van der Waals surface area contributed by atoms with E-state index in [1.54, 1.807) is 50.4 Å². The first kappa shape index (κ1) is 22.4. The van der Waals surface area contributed by atoms with Crippen molar-refractivity contribution in [2.24, 2.45) is 17.6 Å². The first-order valence-corrected chi connectivity index (χ1v) is 11.2. The van der Waals surface area contributed by atoms with Crippen molar-refractivity contribution >= 4 is 40.9 Å². The van der Waals surface area contributed by atoms with Gasteiger partial charge in [0.25, 0.3) is 0 Å². The van der Waals surface area contributed by atoms with Crippen LogP contribution in [0.3, 0.4) is 0 Å². The number of anilines is 1. The van der Waals surface area contributed by atoms with Gasteiger partial charge >= 0.3 is 0 Å². The van der Waals surface area contributed by atoms with Crippen LogP contribution < -0.4 is 21.1 Å². The predicted molar refractivity (Wildman–Crippen MR) is 123 cm³/mol. The van der Waals surface area contributed by atoms with Gasteiger partial charge in [0.15, 0.2) is 0 Å². The fraction of sp³-hybridized carbons (Fsp3) is 0.333. The van der Waals surface area contributed by atoms with Crippen LogP contribution in [0, 0.1) is 18.8 Å². The fourth-order valence-electron chi connectivity index (χ4n) is 5.51. The Labute approximate surface area is 200 Å². The molecule has 176 valence electrons. The molecule has 4 N–H and O–H groups in total. The maximum atomic E-state index is 13.7. The molecule has 5 rings (SSSR count). The van der Waals surface area contributed by atoms with Gasteiger partial charge < -0.3 is 15.8 Å². The quantitative estimate of drug-likeness (QED) is 0.553. The van der Waals surface area contributed by atoms with Crippen molar-refractivity contribution < 1.29 is 23.9 Å². The third-order valence-corrected chi connectivity index (χ3v) is 7.51. The lowest BCUT2D eigenvalue weighted by molar-refractivity contribution is -0.143. The van der Waals surface area contributed by atoms with E-state index in [4.69, 9.17) is 22.1 Å². The van der Waals surface area contributed by atoms with Crippen molar-refractivity contribution in [1.82, 2.24) is 10.2 Å². The van der Waals surface area contributed by atoms with Gasteiger partial charge in [0, 0.05) is 23.0 Å². The van der Waals surface area contributed by atoms with E-state index in [9.17, 15) is 19.2 Å². The van der Waals surface area contributed by atoms with Crippen LogP contribution in [0.4, 0.5) is 5.69 Å². The standard InChI is InChI=1S/C24H23ClN4O5/c1-11-15(25)8-7-14-20(11)27-23(33)24(14)19-18(16(28-24)9-17(26)30)21(31)29(22(19)32)10-12-3-5-13(34-2)6-4-12/h3-8,16,18-19,28H,9-10H2,1-2H3,(H2,26,30)(H,27,33). The van der Waals surface area contributed by atoms with Crippen LogP contribution in [0.2, 0.25) is 5.02 Å². The molecule has 34 heavy (non-hydrogen) atoms. The average Bonchev–Trinajstić information content (AvgIpc) is 3.37. The van der Waals surface area contributed by atoms with E-state index in [-0.39, 0.29) is 13.0 Å². The summed E-state index contributed by atoms with van der Waals surface area (Å²) in [5.41, 5.74) is 6.40. The van der Waals surface area contributed by atoms with E-state index in [2.05, 4.69) is 10.6 Å². The molecule has 3 aliphatic rings. The Kier molecular flexibility index (Phi) is 5.14. The summed E-state index contributed by atoms with van der Waals surface area (Å²) in [6.45, 7) is 1.81. The lowest BCUT2D eigenvalue weighted by Crippen LogP contribution is -2.53. The number of primary amides is 1. The first-order valence-electron chi connectivity index (χ1n) is 10.8. The van der Waals surface area contributed by atoms with Gasteiger partial charge in [-0.2, -0.15) is 0 Å². The molecule has 0 saturated carbocycles. The third-order valence-electron chi connectivity index (χ3n) is 7.10. The van der Waals surface area contributed by atoms with Crippen LogP contribution in [-0.2, 0) is 31.3 Å². The number of hydrogen-bond donors (Lipinski definition) is 3. The fourth-order valence-corrected chi connectivity index (χ4v) is 5.67. The van der Waals surface area contributed by atoms with Gasteiger partial charge in [-0.1, -0.05) is 29.8 Å². The topological polar surface area (TPSA) is 131 Å². The van der Waals surface area contributed by atoms with Crippen molar-refractivity contribution in [1.29, 1.82) is 0 Å². The number of nitrogens with two attached hydrogens (primary N) is 1. The minimum Gasteiger partial charge on any atom is -0.497 e. The Morgan fingerprint density at radius 2 is 1.85 bits per heavy atom. The Hall–Kier alpha value is -3.43. The number of benzene rings is 2. The van der Waals surface area contributed by atoms with Crippen molar-refractivity contribution in [3.8, 4) is 5.75 Å². The molecule has 2 saturated heterocycles. The maximum absolute atomic E-state index is 13.7. The number of halogens is 1. The van der Waals surface area contributed by atoms with Gasteiger partial charge in [-0.25, -0.2) is 0 Å². The Balaban J connectivity index is 1.59. The smallest absolute Gasteiger partial charge is 0.250 e. The number of carbonyl (C=O) groups excluding carboxylic acids is 4. The van der Waals surface area contributed by atoms with Crippen LogP contribution in [-0.4, -0.2) is 41.7 Å². The molecular weight excluding hydrogens is 460 g/mol. The van der Waals surface area contributed by atoms with Gasteiger partial charge in [-0.3, -0.25) is 29.4 Å². The molecule has 2 aromatic carbocycles. The van der Waals surface area contributed by atoms with E-state index in [0.717, 1.165) is 5.56 Å². The zero-order valence-corrected chi connectivity index (χ0v) is 19.3. The van der Waals surface area contributed by atoms with Crippen LogP contribution in [0.15, 0.2) is 36.4 Å². The molecule has 4 atom stereocenters. The molecule has 0 radical (unpaired) electrons. The molecule has 2 fully saturated rings. The number of nitrogens with zero attached hydrogens (tertiary/aromatic N) is 1. The summed E-state index contributed by atoms with van der Waals surface area (Å²) in [6, 6.07) is 9.60. The van der Waals surface area contributed by atoms with Gasteiger partial charge in [0.2, 0.25) is 23.6 Å². The van der Waals surface area contributed by atoms with E-state index in [1.165, 1.54) is 4.90 Å². The molecule has 4 unspecified atom stereocenters. The average molecular weight is 483 g/mol. The molecule has 9 nitrogen and oxygen atoms in total. The number of hydrogen-bond acceptors (Lipinski definition) is 6. The van der Waals surface area contributed by atoms with E-state index >= 15 is 0 Å². The summed E-state index contributed by atoms with van der Waals surface area (Å²) in [7, 11) is 1.55. The second-order valence-corrected chi connectivity index (χ2v) is 9.30. The molecule has 0 aromatic heterocycles. The largest absolute Gasteiger partial charge is 0.497 e. The second-order valence-electron chi connectivity index (χ2n) is 8.89. The number of imide groups is 1. The van der Waals surface area contributed by atoms with Gasteiger partial charge in [-0.15, -0.1) is 0 Å². The summed E-state index contributed by atoms with van der Waals surface area (Å²) in [4.78, 5) is 53.7. The van der Waals surface area contributed by atoms with Gasteiger partial charge in [-0.05, 0) is 36.2 Å². The molecule has 0 aliphatic carbocycles. The number of rotatable bonds is 5. The third kappa shape index (κ3) is 3.04. The summed E-state index contributed by atoms with van der Waals surface area (Å²) >= 11 is 6.26. The normalized spacial score (nSPS) is 27.2. The highest BCUT2D eigenvalue weighted by molar-refractivity contribution is 6.32. The number of ether oxygens (including phenoxy) is 1. The van der Waals surface area contributed by atoms with Crippen molar-refractivity contribution in [2.45, 2.75) is 31.5 Å². The van der Waals surface area contributed by atoms with E-state index < -0.39 is 47.0 Å². The number of fused-ring (bicyclic) bond motifs is 4. The Morgan fingerprint density at radius 1 is 1.15 bits per heavy atom. The summed E-state index contributed by atoms with van der Waals surface area (Å²) < 4.78 is 5.17. The zero-order chi connectivity index (χ0) is 24.4. The predicted octanol–water partition coefficient (Wildman–Crippen LogP) is 1.45. The van der Waals surface area contributed by atoms with Crippen molar-refractivity contribution in [3.63, 3.8) is 0 Å². The number of carbonyl (C=O) groups is 4. The molecule has 1 spiro atoms. The summed E-state index contributed by atoms with van der Waals surface area (Å²) in [5.74, 6) is -3.28. The van der Waals surface area contributed by atoms with E-state index in [1.807, 2.05) is 0 Å². The van der Waals surface area contributed by atoms with E-state index in [0.29, 0.717) is 27.6 Å². The molecule has 3 aliphatic heterocycles. The highest BCUT2D eigenvalue weighted by atomic mass is 35.5. The SMILES string of the molecule is COc1ccc(CN2C(=O)C3C(CC(N)=O)NC4(C(=O)Nc5c4ccc(Cl)c5C)C3C2=O)cc1. The van der Waals surface area contributed by atoms with Crippen molar-refractivity contribution in [3.05, 3.63) is 58.1 Å². The lowest BCUT2D eigenvalue weighted by atomic mass is 9.76. The Morgan fingerprint density at radius 3 is 2.50 bits per heavy atom. The molecule has 3 heterocycles. The minimum atomic E-state index is -1.50. The number of methoxy groups -OCH3 is 1. The molecule has 0 bridgehead atoms. The van der Waals surface area contributed by atoms with Crippen LogP contribution >= 0.6 is 11.6 Å². The number of nitrogens with one attached hydrogen (secondary N) is 2. The van der Waals surface area contributed by atoms with Crippen LogP contribution in [0.5, 0.6) is 5.75 Å². The van der Waals surface area contributed by atoms with Gasteiger partial charge in [0.05, 0.1) is 31.2 Å². The molecule has 10 heteroatoms. The number of amides is 4. The van der Waals surface area contributed by atoms with Gasteiger partial charge in [0.1, 0.15) is 11.3 Å². The molecule has 2 aromatic rings. The molecular formula is C24H23ClN4O5.